The summed E-state index contributed by atoms with van der Waals surface area (Å²) in [4.78, 5) is 53.1. The minimum Gasteiger partial charge on any atom is -0.497 e. The van der Waals surface area contributed by atoms with Gasteiger partial charge in [-0.2, -0.15) is 0 Å². The molecule has 0 aromatic heterocycles. The van der Waals surface area contributed by atoms with Gasteiger partial charge < -0.3 is 20.1 Å². The number of anilines is 2. The Labute approximate surface area is 224 Å². The van der Waals surface area contributed by atoms with Crippen LogP contribution in [0.15, 0.2) is 84.9 Å². The molecular formula is C31H24N2O6. The number of rotatable bonds is 7. The molecule has 0 saturated heterocycles. The highest BCUT2D eigenvalue weighted by molar-refractivity contribution is 6.32. The number of hydrogen-bond donors (Lipinski definition) is 2. The summed E-state index contributed by atoms with van der Waals surface area (Å²) in [6, 6.07) is 22.6. The van der Waals surface area contributed by atoms with Crippen molar-refractivity contribution in [1.29, 1.82) is 0 Å². The molecule has 0 aliphatic heterocycles. The van der Waals surface area contributed by atoms with E-state index >= 15 is 0 Å². The fourth-order valence-corrected chi connectivity index (χ4v) is 4.45. The van der Waals surface area contributed by atoms with Crippen LogP contribution in [0, 0.1) is 0 Å². The van der Waals surface area contributed by atoms with E-state index in [1.165, 1.54) is 19.2 Å². The molecule has 1 aliphatic carbocycles. The van der Waals surface area contributed by atoms with E-state index in [-0.39, 0.29) is 33.6 Å². The highest BCUT2D eigenvalue weighted by Crippen LogP contribution is 2.35. The van der Waals surface area contributed by atoms with E-state index in [9.17, 15) is 19.2 Å². The summed E-state index contributed by atoms with van der Waals surface area (Å²) in [6.07, 6.45) is 0. The third kappa shape index (κ3) is 4.87. The number of carbonyl (C=O) groups excluding carboxylic acids is 4. The molecule has 4 aromatic rings. The normalized spacial score (nSPS) is 11.7. The van der Waals surface area contributed by atoms with E-state index in [4.69, 9.17) is 9.47 Å². The lowest BCUT2D eigenvalue weighted by Gasteiger charge is -2.22. The molecule has 0 saturated carbocycles. The third-order valence-electron chi connectivity index (χ3n) is 6.35. The van der Waals surface area contributed by atoms with Crippen molar-refractivity contribution in [2.45, 2.75) is 6.92 Å². The lowest BCUT2D eigenvalue weighted by Crippen LogP contribution is -2.26. The largest absolute Gasteiger partial charge is 0.497 e. The number of hydrogen-bond acceptors (Lipinski definition) is 6. The van der Waals surface area contributed by atoms with Crippen molar-refractivity contribution in [3.05, 3.63) is 118 Å². The van der Waals surface area contributed by atoms with E-state index in [0.29, 0.717) is 29.2 Å². The molecule has 0 spiro atoms. The van der Waals surface area contributed by atoms with Gasteiger partial charge in [-0.25, -0.2) is 0 Å². The lowest BCUT2D eigenvalue weighted by atomic mass is 9.82. The van der Waals surface area contributed by atoms with Gasteiger partial charge in [0.2, 0.25) is 0 Å². The van der Waals surface area contributed by atoms with Crippen LogP contribution in [0.5, 0.6) is 11.5 Å². The molecule has 0 radical (unpaired) electrons. The van der Waals surface area contributed by atoms with Crippen molar-refractivity contribution in [3.8, 4) is 11.5 Å². The zero-order valence-corrected chi connectivity index (χ0v) is 21.2. The van der Waals surface area contributed by atoms with Gasteiger partial charge >= 0.3 is 0 Å². The molecule has 5 rings (SSSR count). The van der Waals surface area contributed by atoms with Crippen molar-refractivity contribution >= 4 is 34.8 Å². The molecule has 0 heterocycles. The maximum absolute atomic E-state index is 13.6. The Kier molecular flexibility index (Phi) is 6.93. The molecule has 1 aliphatic rings. The van der Waals surface area contributed by atoms with Crippen LogP contribution in [0.4, 0.5) is 11.4 Å². The van der Waals surface area contributed by atoms with Crippen LogP contribution in [-0.4, -0.2) is 37.1 Å². The molecule has 2 amide bonds. The first kappa shape index (κ1) is 25.4. The van der Waals surface area contributed by atoms with E-state index in [1.54, 1.807) is 72.8 Å². The fourth-order valence-electron chi connectivity index (χ4n) is 4.45. The first-order valence-electron chi connectivity index (χ1n) is 12.3. The minimum atomic E-state index is -0.437. The summed E-state index contributed by atoms with van der Waals surface area (Å²) >= 11 is 0. The van der Waals surface area contributed by atoms with E-state index in [2.05, 4.69) is 10.6 Å². The molecule has 39 heavy (non-hydrogen) atoms. The van der Waals surface area contributed by atoms with Crippen molar-refractivity contribution in [3.63, 3.8) is 0 Å². The first-order valence-corrected chi connectivity index (χ1v) is 12.3. The molecule has 0 bridgehead atoms. The topological polar surface area (TPSA) is 111 Å². The highest BCUT2D eigenvalue weighted by atomic mass is 16.5. The predicted octanol–water partition coefficient (Wildman–Crippen LogP) is 5.37. The maximum Gasteiger partial charge on any atom is 0.255 e. The van der Waals surface area contributed by atoms with Crippen LogP contribution < -0.4 is 20.1 Å². The summed E-state index contributed by atoms with van der Waals surface area (Å²) in [5.74, 6) is -0.485. The monoisotopic (exact) mass is 520 g/mol. The van der Waals surface area contributed by atoms with Gasteiger partial charge in [-0.1, -0.05) is 24.3 Å². The Hall–Kier alpha value is -5.24. The van der Waals surface area contributed by atoms with Crippen LogP contribution in [0.1, 0.15) is 59.5 Å². The average molecular weight is 521 g/mol. The number of carbonyl (C=O) groups is 4. The van der Waals surface area contributed by atoms with Crippen molar-refractivity contribution in [2.75, 3.05) is 24.4 Å². The van der Waals surface area contributed by atoms with Gasteiger partial charge in [0, 0.05) is 22.3 Å². The molecule has 0 fully saturated rings. The lowest BCUT2D eigenvalue weighted by molar-refractivity contribution is 0.0977. The molecule has 0 atom stereocenters. The molecule has 8 nitrogen and oxygen atoms in total. The van der Waals surface area contributed by atoms with E-state index in [1.807, 2.05) is 6.92 Å². The van der Waals surface area contributed by atoms with Crippen LogP contribution in [0.25, 0.3) is 0 Å². The number of ether oxygens (including phenoxy) is 2. The maximum atomic E-state index is 13.6. The molecule has 194 valence electrons. The number of methoxy groups -OCH3 is 1. The van der Waals surface area contributed by atoms with Gasteiger partial charge in [0.25, 0.3) is 11.8 Å². The summed E-state index contributed by atoms with van der Waals surface area (Å²) in [7, 11) is 1.53. The predicted molar refractivity (Wildman–Crippen MR) is 146 cm³/mol. The molecule has 8 heteroatoms. The second-order valence-electron chi connectivity index (χ2n) is 8.71. The smallest absolute Gasteiger partial charge is 0.255 e. The Balaban J connectivity index is 1.44. The number of amides is 2. The zero-order valence-electron chi connectivity index (χ0n) is 21.2. The Morgan fingerprint density at radius 1 is 0.641 bits per heavy atom. The standard InChI is InChI=1S/C31H24N2O6/c1-3-39-21-16-12-19(13-17-21)31(37)33-25-9-5-7-23-27(25)29(35)22-6-4-8-24(26(22)28(23)34)32-30(36)18-10-14-20(38-2)15-11-18/h4-17H,3H2,1-2H3,(H,32,36)(H,33,37). The SMILES string of the molecule is CCOc1ccc(C(=O)Nc2cccc3c2C(=O)c2cccc(NC(=O)c4ccc(OC)cc4)c2C3=O)cc1. The second kappa shape index (κ2) is 10.6. The Morgan fingerprint density at radius 2 is 1.08 bits per heavy atom. The first-order chi connectivity index (χ1) is 18.9. The third-order valence-corrected chi connectivity index (χ3v) is 6.35. The van der Waals surface area contributed by atoms with Gasteiger partial charge in [-0.15, -0.1) is 0 Å². The Morgan fingerprint density at radius 3 is 1.49 bits per heavy atom. The molecule has 4 aromatic carbocycles. The van der Waals surface area contributed by atoms with Gasteiger partial charge in [-0.3, -0.25) is 19.2 Å². The van der Waals surface area contributed by atoms with Crippen LogP contribution in [-0.2, 0) is 0 Å². The fraction of sp³-hybridized carbons (Fsp3) is 0.0968. The molecular weight excluding hydrogens is 496 g/mol. The number of nitrogens with one attached hydrogen (secondary N) is 2. The summed E-state index contributed by atoms with van der Waals surface area (Å²) in [5.41, 5.74) is 1.67. The zero-order chi connectivity index (χ0) is 27.5. The number of benzene rings is 4. The molecule has 2 N–H and O–H groups in total. The second-order valence-corrected chi connectivity index (χ2v) is 8.71. The summed E-state index contributed by atoms with van der Waals surface area (Å²) in [6.45, 7) is 2.37. The highest BCUT2D eigenvalue weighted by Gasteiger charge is 2.34. The van der Waals surface area contributed by atoms with Gasteiger partial charge in [-0.05, 0) is 67.6 Å². The van der Waals surface area contributed by atoms with Gasteiger partial charge in [0.05, 0.1) is 36.2 Å². The van der Waals surface area contributed by atoms with Crippen molar-refractivity contribution in [2.24, 2.45) is 0 Å². The van der Waals surface area contributed by atoms with Crippen LogP contribution >= 0.6 is 0 Å². The van der Waals surface area contributed by atoms with Crippen molar-refractivity contribution < 1.29 is 28.7 Å². The average Bonchev–Trinajstić information content (AvgIpc) is 2.96. The van der Waals surface area contributed by atoms with Crippen molar-refractivity contribution in [1.82, 2.24) is 0 Å². The van der Waals surface area contributed by atoms with Crippen LogP contribution in [0.2, 0.25) is 0 Å². The minimum absolute atomic E-state index is 0.104. The number of ketones is 2. The number of fused-ring (bicyclic) bond motifs is 2. The quantitative estimate of drug-likeness (QED) is 0.298. The van der Waals surface area contributed by atoms with E-state index < -0.39 is 23.4 Å². The molecule has 0 unspecified atom stereocenters. The summed E-state index contributed by atoms with van der Waals surface area (Å²) in [5, 5.41) is 5.52. The van der Waals surface area contributed by atoms with Gasteiger partial charge in [0.15, 0.2) is 11.6 Å². The van der Waals surface area contributed by atoms with Gasteiger partial charge in [0.1, 0.15) is 11.5 Å². The van der Waals surface area contributed by atoms with Crippen LogP contribution in [0.3, 0.4) is 0 Å². The van der Waals surface area contributed by atoms with E-state index in [0.717, 1.165) is 0 Å². The summed E-state index contributed by atoms with van der Waals surface area (Å²) < 4.78 is 10.5. The Bertz CT molecular complexity index is 1610.